The Morgan fingerprint density at radius 1 is 1.31 bits per heavy atom. The number of ether oxygens (including phenoxy) is 1. The second kappa shape index (κ2) is 8.02. The predicted molar refractivity (Wildman–Crippen MR) is 101 cm³/mol. The lowest BCUT2D eigenvalue weighted by molar-refractivity contribution is -0.120. The van der Waals surface area contributed by atoms with Crippen LogP contribution in [-0.2, 0) is 9.53 Å². The van der Waals surface area contributed by atoms with Crippen molar-refractivity contribution in [3.05, 3.63) is 42.0 Å². The molecule has 4 nitrogen and oxygen atoms in total. The summed E-state index contributed by atoms with van der Waals surface area (Å²) in [7, 11) is 0. The third-order valence-corrected chi connectivity index (χ3v) is 4.49. The van der Waals surface area contributed by atoms with Gasteiger partial charge in [0.05, 0.1) is 6.54 Å². The third kappa shape index (κ3) is 5.41. The van der Waals surface area contributed by atoms with Gasteiger partial charge >= 0.3 is 6.09 Å². The Morgan fingerprint density at radius 2 is 1.96 bits per heavy atom. The number of amides is 1. The van der Waals surface area contributed by atoms with E-state index >= 15 is 4.39 Å². The lowest BCUT2D eigenvalue weighted by Gasteiger charge is -2.42. The summed E-state index contributed by atoms with van der Waals surface area (Å²) >= 11 is 0. The van der Waals surface area contributed by atoms with Crippen LogP contribution in [0, 0.1) is 5.41 Å². The molecule has 2 atom stereocenters. The molecule has 2 unspecified atom stereocenters. The van der Waals surface area contributed by atoms with Crippen molar-refractivity contribution in [2.75, 3.05) is 13.1 Å². The number of benzene rings is 1. The minimum Gasteiger partial charge on any atom is -0.444 e. The van der Waals surface area contributed by atoms with Crippen LogP contribution in [0.5, 0.6) is 0 Å². The van der Waals surface area contributed by atoms with E-state index in [0.717, 1.165) is 5.56 Å². The van der Waals surface area contributed by atoms with Gasteiger partial charge in [-0.2, -0.15) is 0 Å². The maximum atomic E-state index is 15.2. The first-order chi connectivity index (χ1) is 12.1. The number of ketones is 1. The molecule has 0 saturated carbocycles. The molecule has 1 aliphatic heterocycles. The summed E-state index contributed by atoms with van der Waals surface area (Å²) in [4.78, 5) is 25.4. The van der Waals surface area contributed by atoms with Crippen LogP contribution < -0.4 is 0 Å². The molecular formula is C21H28FNO3. The van der Waals surface area contributed by atoms with Crippen molar-refractivity contribution in [1.29, 1.82) is 0 Å². The number of carbonyl (C=O) groups is 2. The molecule has 1 aromatic carbocycles. The van der Waals surface area contributed by atoms with E-state index < -0.39 is 23.3 Å². The summed E-state index contributed by atoms with van der Waals surface area (Å²) in [6.07, 6.45) is 2.34. The van der Waals surface area contributed by atoms with Crippen molar-refractivity contribution in [2.24, 2.45) is 5.41 Å². The maximum absolute atomic E-state index is 15.2. The Labute approximate surface area is 155 Å². The zero-order valence-electron chi connectivity index (χ0n) is 16.0. The monoisotopic (exact) mass is 361 g/mol. The third-order valence-electron chi connectivity index (χ3n) is 4.49. The van der Waals surface area contributed by atoms with Gasteiger partial charge in [-0.1, -0.05) is 42.5 Å². The minimum absolute atomic E-state index is 0.0592. The first kappa shape index (κ1) is 20.1. The highest BCUT2D eigenvalue weighted by Crippen LogP contribution is 2.40. The van der Waals surface area contributed by atoms with Crippen molar-refractivity contribution in [2.45, 2.75) is 52.3 Å². The number of likely N-dealkylation sites (tertiary alicyclic amines) is 1. The van der Waals surface area contributed by atoms with Crippen LogP contribution >= 0.6 is 0 Å². The average molecular weight is 361 g/mol. The first-order valence-electron chi connectivity index (χ1n) is 8.97. The van der Waals surface area contributed by atoms with Crippen LogP contribution in [0.2, 0.25) is 0 Å². The molecular weight excluding hydrogens is 333 g/mol. The highest BCUT2D eigenvalue weighted by Gasteiger charge is 2.44. The fourth-order valence-corrected chi connectivity index (χ4v) is 3.19. The summed E-state index contributed by atoms with van der Waals surface area (Å²) in [6.45, 7) is 7.12. The number of carbonyl (C=O) groups excluding carboxylic acids is 2. The summed E-state index contributed by atoms with van der Waals surface area (Å²) < 4.78 is 20.5. The topological polar surface area (TPSA) is 46.6 Å². The largest absolute Gasteiger partial charge is 0.444 e. The van der Waals surface area contributed by atoms with E-state index in [4.69, 9.17) is 4.74 Å². The van der Waals surface area contributed by atoms with Gasteiger partial charge in [-0.15, -0.1) is 0 Å². The highest BCUT2D eigenvalue weighted by atomic mass is 19.1. The van der Waals surface area contributed by atoms with Crippen molar-refractivity contribution < 1.29 is 18.7 Å². The number of Topliss-reactive ketones (excluding diaryl/α,β-unsaturated/α-hetero) is 1. The normalized spacial score (nSPS) is 23.9. The van der Waals surface area contributed by atoms with Gasteiger partial charge in [0, 0.05) is 18.4 Å². The molecule has 1 aromatic rings. The van der Waals surface area contributed by atoms with E-state index in [1.165, 1.54) is 11.8 Å². The van der Waals surface area contributed by atoms with Crippen molar-refractivity contribution in [1.82, 2.24) is 4.90 Å². The van der Waals surface area contributed by atoms with Crippen molar-refractivity contribution in [3.8, 4) is 0 Å². The van der Waals surface area contributed by atoms with Crippen LogP contribution in [0.3, 0.4) is 0 Å². The Hall–Kier alpha value is -2.17. The van der Waals surface area contributed by atoms with E-state index in [0.29, 0.717) is 13.0 Å². The van der Waals surface area contributed by atoms with Crippen LogP contribution in [0.25, 0.3) is 6.08 Å². The van der Waals surface area contributed by atoms with Crippen LogP contribution in [0.15, 0.2) is 36.4 Å². The molecule has 0 aliphatic carbocycles. The number of nitrogens with zero attached hydrogens (tertiary/aromatic N) is 1. The molecule has 2 rings (SSSR count). The lowest BCUT2D eigenvalue weighted by Crippen LogP contribution is -2.51. The van der Waals surface area contributed by atoms with Gasteiger partial charge in [-0.25, -0.2) is 9.18 Å². The van der Waals surface area contributed by atoms with Gasteiger partial charge in [0.1, 0.15) is 17.6 Å². The van der Waals surface area contributed by atoms with Gasteiger partial charge < -0.3 is 9.64 Å². The van der Waals surface area contributed by atoms with E-state index in [2.05, 4.69) is 0 Å². The molecule has 0 spiro atoms. The Bertz CT molecular complexity index is 666. The molecule has 5 heteroatoms. The summed E-state index contributed by atoms with van der Waals surface area (Å²) in [5, 5.41) is 0. The fraction of sp³-hybridized carbons (Fsp3) is 0.524. The first-order valence-corrected chi connectivity index (χ1v) is 8.97. The Morgan fingerprint density at radius 3 is 2.50 bits per heavy atom. The van der Waals surface area contributed by atoms with E-state index in [1.54, 1.807) is 26.8 Å². The SMILES string of the molecule is CC(=O)CC1(/C=C/c2ccccc2)CCN(C(=O)OC(C)(C)C)CC1F. The quantitative estimate of drug-likeness (QED) is 0.784. The molecule has 0 N–H and O–H groups in total. The van der Waals surface area contributed by atoms with Gasteiger partial charge in [0.15, 0.2) is 0 Å². The van der Waals surface area contributed by atoms with Gasteiger partial charge in [-0.05, 0) is 39.7 Å². The number of alkyl halides is 1. The van der Waals surface area contributed by atoms with Gasteiger partial charge in [0.2, 0.25) is 0 Å². The number of piperidine rings is 1. The molecule has 0 aromatic heterocycles. The molecule has 26 heavy (non-hydrogen) atoms. The Kier molecular flexibility index (Phi) is 6.21. The smallest absolute Gasteiger partial charge is 0.410 e. The second-order valence-corrected chi connectivity index (χ2v) is 8.00. The van der Waals surface area contributed by atoms with Gasteiger partial charge in [0.25, 0.3) is 0 Å². The second-order valence-electron chi connectivity index (χ2n) is 8.00. The molecule has 1 amide bonds. The van der Waals surface area contributed by atoms with E-state index in [9.17, 15) is 9.59 Å². The summed E-state index contributed by atoms with van der Waals surface area (Å²) in [6, 6.07) is 9.60. The van der Waals surface area contributed by atoms with Crippen LogP contribution in [0.1, 0.15) is 46.1 Å². The standard InChI is InChI=1S/C21H28FNO3/c1-16(24)14-21(11-10-17-8-6-5-7-9-17)12-13-23(15-18(21)22)19(25)26-20(2,3)4/h5-11,18H,12-15H2,1-4H3/b11-10+. The maximum Gasteiger partial charge on any atom is 0.410 e. The number of halogens is 1. The zero-order valence-corrected chi connectivity index (χ0v) is 16.0. The molecule has 1 heterocycles. The van der Waals surface area contributed by atoms with Crippen LogP contribution in [0.4, 0.5) is 9.18 Å². The molecule has 0 bridgehead atoms. The highest BCUT2D eigenvalue weighted by molar-refractivity contribution is 5.77. The minimum atomic E-state index is -1.33. The number of hydrogen-bond donors (Lipinski definition) is 0. The van der Waals surface area contributed by atoms with Gasteiger partial charge in [-0.3, -0.25) is 4.79 Å². The molecule has 1 saturated heterocycles. The Balaban J connectivity index is 2.16. The molecule has 1 aliphatic rings. The summed E-state index contributed by atoms with van der Waals surface area (Å²) in [5.74, 6) is -0.0592. The van der Waals surface area contributed by atoms with Crippen molar-refractivity contribution >= 4 is 18.0 Å². The lowest BCUT2D eigenvalue weighted by atomic mass is 9.73. The predicted octanol–water partition coefficient (Wildman–Crippen LogP) is 4.64. The number of allylic oxidation sites excluding steroid dienone is 1. The number of hydrogen-bond acceptors (Lipinski definition) is 3. The summed E-state index contributed by atoms with van der Waals surface area (Å²) in [5.41, 5.74) is -0.554. The molecule has 1 fully saturated rings. The molecule has 0 radical (unpaired) electrons. The number of rotatable bonds is 4. The molecule has 142 valence electrons. The average Bonchev–Trinajstić information content (AvgIpc) is 2.54. The van der Waals surface area contributed by atoms with E-state index in [-0.39, 0.29) is 18.7 Å². The fourth-order valence-electron chi connectivity index (χ4n) is 3.19. The zero-order chi connectivity index (χ0) is 19.4. The van der Waals surface area contributed by atoms with Crippen molar-refractivity contribution in [3.63, 3.8) is 0 Å². The van der Waals surface area contributed by atoms with E-state index in [1.807, 2.05) is 36.4 Å². The van der Waals surface area contributed by atoms with Crippen LogP contribution in [-0.4, -0.2) is 41.6 Å².